The van der Waals surface area contributed by atoms with Gasteiger partial charge in [0.1, 0.15) is 16.0 Å². The first-order valence-electron chi connectivity index (χ1n) is 14.8. The number of nitrogens with zero attached hydrogens (tertiary/aromatic N) is 1. The van der Waals surface area contributed by atoms with Gasteiger partial charge in [-0.05, 0) is 89.2 Å². The molecule has 0 saturated heterocycles. The van der Waals surface area contributed by atoms with Gasteiger partial charge in [-0.25, -0.2) is 14.2 Å². The van der Waals surface area contributed by atoms with Gasteiger partial charge in [0, 0.05) is 11.1 Å². The zero-order chi connectivity index (χ0) is 37.6. The lowest BCUT2D eigenvalue weighted by Gasteiger charge is -2.32. The third-order valence-corrected chi connectivity index (χ3v) is 8.51. The highest BCUT2D eigenvalue weighted by atomic mass is 127. The summed E-state index contributed by atoms with van der Waals surface area (Å²) in [5, 5.41) is 15.7. The van der Waals surface area contributed by atoms with E-state index < -0.39 is 57.9 Å². The molecule has 0 radical (unpaired) electrons. The number of methoxy groups -OCH3 is 1. The molecule has 11 nitrogen and oxygen atoms in total. The molecule has 2 atom stereocenters. The van der Waals surface area contributed by atoms with E-state index in [1.54, 1.807) is 52.9 Å². The number of alkyl halides is 4. The van der Waals surface area contributed by atoms with Crippen LogP contribution in [0.15, 0.2) is 78.9 Å². The first-order chi connectivity index (χ1) is 23.9. The van der Waals surface area contributed by atoms with Crippen molar-refractivity contribution in [3.63, 3.8) is 0 Å². The van der Waals surface area contributed by atoms with Gasteiger partial charge in [0.15, 0.2) is 18.1 Å². The van der Waals surface area contributed by atoms with Crippen molar-refractivity contribution in [3.8, 4) is 22.8 Å². The number of nitrogens with two attached hydrogens (primary N) is 1. The van der Waals surface area contributed by atoms with Crippen molar-refractivity contribution in [3.05, 3.63) is 112 Å². The molecule has 0 fully saturated rings. The number of benzene rings is 3. The van der Waals surface area contributed by atoms with Crippen molar-refractivity contribution in [2.24, 2.45) is 5.73 Å². The lowest BCUT2D eigenvalue weighted by atomic mass is 9.93. The van der Waals surface area contributed by atoms with Crippen molar-refractivity contribution in [1.82, 2.24) is 15.6 Å². The Labute approximate surface area is 307 Å². The van der Waals surface area contributed by atoms with Gasteiger partial charge < -0.3 is 35.7 Å². The summed E-state index contributed by atoms with van der Waals surface area (Å²) in [5.41, 5.74) is 0.767. The Morgan fingerprint density at radius 3 is 2.33 bits per heavy atom. The van der Waals surface area contributed by atoms with Gasteiger partial charge in [-0.3, -0.25) is 9.59 Å². The first kappa shape index (κ1) is 39.1. The number of carbonyl (C=O) groups is 3. The molecular weight excluding hydrogens is 815 g/mol. The van der Waals surface area contributed by atoms with Crippen LogP contribution in [0.25, 0.3) is 11.3 Å². The molecule has 0 spiro atoms. The van der Waals surface area contributed by atoms with Crippen LogP contribution >= 0.6 is 34.2 Å². The molecule has 0 aliphatic carbocycles. The minimum absolute atomic E-state index is 0.0190. The number of amides is 3. The second-order valence-electron chi connectivity index (χ2n) is 11.1. The third-order valence-electron chi connectivity index (χ3n) is 7.33. The van der Waals surface area contributed by atoms with E-state index in [4.69, 9.17) is 31.5 Å². The van der Waals surface area contributed by atoms with Crippen LogP contribution in [0.4, 0.5) is 22.4 Å². The standard InChI is InChI=1S/C34H30ClF4IN4O7/c1-32(40,44-31(47)51-16-19-6-4-3-5-7-19)22-14-25(20-8-10-24(36)23(35)12-20)43-28(15-22)33(48,34(37,38)39)18-42-30(46)21-9-11-26(27(13-21)49-2)50-17-29(41)45/h3-15,48H,16-18H2,1-2H3,(H2,41,45)(H,42,46)(H,44,47). The van der Waals surface area contributed by atoms with Gasteiger partial charge in [0.25, 0.3) is 11.8 Å². The minimum atomic E-state index is -5.42. The number of alkyl carbamates (subject to hydrolysis) is 1. The number of aromatic nitrogens is 1. The first-order valence-corrected chi connectivity index (χ1v) is 16.2. The highest BCUT2D eigenvalue weighted by molar-refractivity contribution is 14.1. The van der Waals surface area contributed by atoms with E-state index in [2.05, 4.69) is 15.6 Å². The average molecular weight is 845 g/mol. The quantitative estimate of drug-likeness (QED) is 0.0542. The Hall–Kier alpha value is -4.68. The highest BCUT2D eigenvalue weighted by Crippen LogP contribution is 2.41. The number of halogens is 6. The van der Waals surface area contributed by atoms with Crippen LogP contribution in [0.1, 0.15) is 34.1 Å². The Morgan fingerprint density at radius 2 is 1.71 bits per heavy atom. The van der Waals surface area contributed by atoms with Crippen LogP contribution in [-0.2, 0) is 25.3 Å². The monoisotopic (exact) mass is 844 g/mol. The maximum absolute atomic E-state index is 14.8. The fraction of sp³-hybridized carbons (Fsp3) is 0.235. The minimum Gasteiger partial charge on any atom is -0.493 e. The highest BCUT2D eigenvalue weighted by Gasteiger charge is 2.57. The zero-order valence-electron chi connectivity index (χ0n) is 26.8. The second kappa shape index (κ2) is 16.1. The van der Waals surface area contributed by atoms with E-state index in [0.717, 1.165) is 24.3 Å². The summed E-state index contributed by atoms with van der Waals surface area (Å²) >= 11 is 7.74. The molecule has 0 aliphatic rings. The smallest absolute Gasteiger partial charge is 0.424 e. The molecule has 4 rings (SSSR count). The van der Waals surface area contributed by atoms with Gasteiger partial charge in [-0.2, -0.15) is 13.2 Å². The Bertz CT molecular complexity index is 1920. The maximum atomic E-state index is 14.8. The average Bonchev–Trinajstić information content (AvgIpc) is 3.09. The number of carbonyl (C=O) groups excluding carboxylic acids is 3. The number of rotatable bonds is 13. The van der Waals surface area contributed by atoms with Crippen LogP contribution in [0.2, 0.25) is 5.02 Å². The Kier molecular flexibility index (Phi) is 12.4. The van der Waals surface area contributed by atoms with Crippen LogP contribution in [0.3, 0.4) is 0 Å². The van der Waals surface area contributed by atoms with Crippen molar-refractivity contribution in [1.29, 1.82) is 0 Å². The van der Waals surface area contributed by atoms with Gasteiger partial charge in [-0.15, -0.1) is 0 Å². The molecule has 0 bridgehead atoms. The topological polar surface area (TPSA) is 162 Å². The van der Waals surface area contributed by atoms with Crippen molar-refractivity contribution in [2.45, 2.75) is 28.9 Å². The molecule has 5 N–H and O–H groups in total. The number of hydrogen-bond donors (Lipinski definition) is 4. The zero-order valence-corrected chi connectivity index (χ0v) is 29.7. The summed E-state index contributed by atoms with van der Waals surface area (Å²) in [7, 11) is 1.24. The number of primary amides is 1. The number of hydrogen-bond acceptors (Lipinski definition) is 8. The SMILES string of the molecule is COc1cc(C(=O)NCC(O)(c2cc(C(C)(I)NC(=O)OCc3ccccc3)cc(-c3ccc(F)c(Cl)c3)n2)C(F)(F)F)ccc1OCC(N)=O. The van der Waals surface area contributed by atoms with Gasteiger partial charge in [0.05, 0.1) is 30.1 Å². The molecule has 2 unspecified atom stereocenters. The summed E-state index contributed by atoms with van der Waals surface area (Å²) < 4.78 is 72.7. The summed E-state index contributed by atoms with van der Waals surface area (Å²) in [4.78, 5) is 41.0. The molecule has 270 valence electrons. The second-order valence-corrected chi connectivity index (χ2v) is 13.7. The summed E-state index contributed by atoms with van der Waals surface area (Å²) in [6.45, 7) is -0.541. The van der Waals surface area contributed by atoms with Crippen LogP contribution in [0, 0.1) is 5.82 Å². The van der Waals surface area contributed by atoms with Crippen molar-refractivity contribution in [2.75, 3.05) is 20.3 Å². The molecule has 51 heavy (non-hydrogen) atoms. The van der Waals surface area contributed by atoms with Gasteiger partial charge in [-0.1, -0.05) is 41.9 Å². The maximum Gasteiger partial charge on any atom is 0.424 e. The van der Waals surface area contributed by atoms with E-state index in [1.807, 2.05) is 0 Å². The lowest BCUT2D eigenvalue weighted by molar-refractivity contribution is -0.265. The summed E-state index contributed by atoms with van der Waals surface area (Å²) in [5.74, 6) is -2.61. The Morgan fingerprint density at radius 1 is 1.00 bits per heavy atom. The van der Waals surface area contributed by atoms with E-state index in [-0.39, 0.29) is 45.5 Å². The van der Waals surface area contributed by atoms with Crippen molar-refractivity contribution < 1.29 is 51.3 Å². The number of pyridine rings is 1. The van der Waals surface area contributed by atoms with E-state index in [9.17, 15) is 37.1 Å². The third kappa shape index (κ3) is 9.77. The summed E-state index contributed by atoms with van der Waals surface area (Å²) in [6, 6.07) is 17.9. The molecule has 0 aliphatic heterocycles. The molecule has 1 heterocycles. The molecule has 3 amide bonds. The molecule has 1 aromatic heterocycles. The fourth-order valence-corrected chi connectivity index (χ4v) is 5.28. The number of nitrogens with one attached hydrogen (secondary N) is 2. The van der Waals surface area contributed by atoms with Gasteiger partial charge in [0.2, 0.25) is 5.60 Å². The number of ether oxygens (including phenoxy) is 3. The van der Waals surface area contributed by atoms with Crippen molar-refractivity contribution >= 4 is 52.1 Å². The molecule has 3 aromatic carbocycles. The lowest BCUT2D eigenvalue weighted by Crippen LogP contribution is -2.52. The van der Waals surface area contributed by atoms with Gasteiger partial charge >= 0.3 is 12.3 Å². The van der Waals surface area contributed by atoms with Crippen LogP contribution in [0.5, 0.6) is 11.5 Å². The summed E-state index contributed by atoms with van der Waals surface area (Å²) in [6.07, 6.45) is -6.32. The molecular formula is C34H30ClF4IN4O7. The molecule has 0 saturated carbocycles. The fourth-order valence-electron chi connectivity index (χ4n) is 4.56. The molecule has 4 aromatic rings. The normalized spacial score (nSPS) is 13.7. The van der Waals surface area contributed by atoms with Crippen LogP contribution < -0.4 is 25.8 Å². The van der Waals surface area contributed by atoms with Crippen LogP contribution in [-0.4, -0.2) is 54.4 Å². The van der Waals surface area contributed by atoms with E-state index >= 15 is 0 Å². The molecule has 17 heteroatoms. The van der Waals surface area contributed by atoms with E-state index in [1.165, 1.54) is 38.3 Å². The number of aliphatic hydroxyl groups is 1. The predicted molar refractivity (Wildman–Crippen MR) is 186 cm³/mol. The Balaban J connectivity index is 1.70. The largest absolute Gasteiger partial charge is 0.493 e. The van der Waals surface area contributed by atoms with E-state index in [0.29, 0.717) is 5.56 Å². The predicted octanol–water partition coefficient (Wildman–Crippen LogP) is 6.13.